The molecule has 1 saturated heterocycles. The monoisotopic (exact) mass is 237 g/mol. The number of aliphatic carboxylic acids is 1. The zero-order chi connectivity index (χ0) is 12.3. The summed E-state index contributed by atoms with van der Waals surface area (Å²) in [5.74, 6) is -0.723. The van der Waals surface area contributed by atoms with Gasteiger partial charge in [0.05, 0.1) is 18.2 Å². The Balaban J connectivity index is 2.06. The molecule has 94 valence electrons. The molecule has 1 aromatic heterocycles. The van der Waals surface area contributed by atoms with Crippen LogP contribution in [0.4, 0.5) is 0 Å². The van der Waals surface area contributed by atoms with Crippen molar-refractivity contribution in [2.45, 2.75) is 38.8 Å². The molecular weight excluding hydrogens is 218 g/mol. The summed E-state index contributed by atoms with van der Waals surface area (Å²) < 4.78 is 2.00. The number of likely N-dealkylation sites (tertiary alicyclic amines) is 1. The number of hydrogen-bond donors (Lipinski definition) is 1. The van der Waals surface area contributed by atoms with E-state index in [0.29, 0.717) is 12.6 Å². The molecule has 1 fully saturated rings. The van der Waals surface area contributed by atoms with Crippen LogP contribution in [0.5, 0.6) is 0 Å². The molecule has 1 aliphatic rings. The Kier molecular flexibility index (Phi) is 3.78. The van der Waals surface area contributed by atoms with Crippen LogP contribution in [0.25, 0.3) is 0 Å². The van der Waals surface area contributed by atoms with Gasteiger partial charge in [0.1, 0.15) is 0 Å². The summed E-state index contributed by atoms with van der Waals surface area (Å²) in [5, 5.41) is 13.0. The zero-order valence-corrected chi connectivity index (χ0v) is 10.2. The SMILES string of the molecule is CCn1nccc1[C@@H]1CCCN1CCC(=O)O. The van der Waals surface area contributed by atoms with Gasteiger partial charge in [-0.2, -0.15) is 5.10 Å². The van der Waals surface area contributed by atoms with E-state index in [4.69, 9.17) is 5.11 Å². The maximum atomic E-state index is 10.6. The number of carboxylic acids is 1. The van der Waals surface area contributed by atoms with Gasteiger partial charge in [0, 0.05) is 19.3 Å². The van der Waals surface area contributed by atoms with Gasteiger partial charge in [-0.3, -0.25) is 14.4 Å². The van der Waals surface area contributed by atoms with Crippen molar-refractivity contribution in [2.75, 3.05) is 13.1 Å². The van der Waals surface area contributed by atoms with Crippen LogP contribution >= 0.6 is 0 Å². The molecule has 0 aromatic carbocycles. The van der Waals surface area contributed by atoms with Crippen LogP contribution < -0.4 is 0 Å². The molecule has 17 heavy (non-hydrogen) atoms. The maximum Gasteiger partial charge on any atom is 0.304 e. The summed E-state index contributed by atoms with van der Waals surface area (Å²) >= 11 is 0. The summed E-state index contributed by atoms with van der Waals surface area (Å²) in [6, 6.07) is 2.39. The van der Waals surface area contributed by atoms with Gasteiger partial charge in [0.25, 0.3) is 0 Å². The first-order valence-electron chi connectivity index (χ1n) is 6.20. The summed E-state index contributed by atoms with van der Waals surface area (Å²) in [6.45, 7) is 4.57. The van der Waals surface area contributed by atoms with Gasteiger partial charge in [-0.05, 0) is 32.4 Å². The van der Waals surface area contributed by atoms with Crippen molar-refractivity contribution in [3.05, 3.63) is 18.0 Å². The van der Waals surface area contributed by atoms with Crippen molar-refractivity contribution in [1.29, 1.82) is 0 Å². The van der Waals surface area contributed by atoms with Crippen molar-refractivity contribution in [2.24, 2.45) is 0 Å². The molecule has 1 aliphatic heterocycles. The normalized spacial score (nSPS) is 20.9. The fourth-order valence-corrected chi connectivity index (χ4v) is 2.56. The van der Waals surface area contributed by atoms with E-state index >= 15 is 0 Å². The highest BCUT2D eigenvalue weighted by molar-refractivity contribution is 5.66. The first-order valence-corrected chi connectivity index (χ1v) is 6.20. The number of hydrogen-bond acceptors (Lipinski definition) is 3. The molecule has 0 amide bonds. The number of aromatic nitrogens is 2. The quantitative estimate of drug-likeness (QED) is 0.843. The van der Waals surface area contributed by atoms with Crippen LogP contribution in [0.1, 0.15) is 37.9 Å². The third-order valence-corrected chi connectivity index (χ3v) is 3.37. The second-order valence-corrected chi connectivity index (χ2v) is 4.41. The van der Waals surface area contributed by atoms with Crippen LogP contribution in [0.2, 0.25) is 0 Å². The van der Waals surface area contributed by atoms with Crippen LogP contribution in [0.3, 0.4) is 0 Å². The first kappa shape index (κ1) is 12.1. The number of nitrogens with zero attached hydrogens (tertiary/aromatic N) is 3. The lowest BCUT2D eigenvalue weighted by atomic mass is 10.1. The van der Waals surface area contributed by atoms with Crippen molar-refractivity contribution in [3.8, 4) is 0 Å². The lowest BCUT2D eigenvalue weighted by Crippen LogP contribution is -2.27. The van der Waals surface area contributed by atoms with Gasteiger partial charge >= 0.3 is 5.97 Å². The molecule has 1 aromatic rings. The summed E-state index contributed by atoms with van der Waals surface area (Å²) in [4.78, 5) is 12.9. The van der Waals surface area contributed by atoms with E-state index in [1.54, 1.807) is 0 Å². The molecule has 0 bridgehead atoms. The van der Waals surface area contributed by atoms with Crippen LogP contribution in [0.15, 0.2) is 12.3 Å². The van der Waals surface area contributed by atoms with Crippen LogP contribution in [-0.4, -0.2) is 38.8 Å². The molecule has 2 rings (SSSR count). The molecule has 0 aliphatic carbocycles. The Morgan fingerprint density at radius 1 is 1.65 bits per heavy atom. The summed E-state index contributed by atoms with van der Waals surface area (Å²) in [6.07, 6.45) is 4.29. The smallest absolute Gasteiger partial charge is 0.304 e. The Morgan fingerprint density at radius 3 is 3.18 bits per heavy atom. The minimum atomic E-state index is -0.723. The average Bonchev–Trinajstić information content (AvgIpc) is 2.93. The van der Waals surface area contributed by atoms with Gasteiger partial charge in [-0.1, -0.05) is 0 Å². The third kappa shape index (κ3) is 2.66. The molecular formula is C12H19N3O2. The van der Waals surface area contributed by atoms with Crippen LogP contribution in [-0.2, 0) is 11.3 Å². The lowest BCUT2D eigenvalue weighted by molar-refractivity contribution is -0.137. The van der Waals surface area contributed by atoms with Gasteiger partial charge in [-0.15, -0.1) is 0 Å². The highest BCUT2D eigenvalue weighted by Gasteiger charge is 2.28. The Hall–Kier alpha value is -1.36. The van der Waals surface area contributed by atoms with Gasteiger partial charge < -0.3 is 5.11 Å². The van der Waals surface area contributed by atoms with E-state index in [1.165, 1.54) is 5.69 Å². The molecule has 0 saturated carbocycles. The third-order valence-electron chi connectivity index (χ3n) is 3.37. The first-order chi connectivity index (χ1) is 8.22. The summed E-state index contributed by atoms with van der Waals surface area (Å²) in [5.41, 5.74) is 1.22. The second-order valence-electron chi connectivity index (χ2n) is 4.41. The topological polar surface area (TPSA) is 58.4 Å². The molecule has 1 N–H and O–H groups in total. The Morgan fingerprint density at radius 2 is 2.47 bits per heavy atom. The predicted molar refractivity (Wildman–Crippen MR) is 63.7 cm³/mol. The molecule has 0 spiro atoms. The van der Waals surface area contributed by atoms with Gasteiger partial charge in [-0.25, -0.2) is 0 Å². The second kappa shape index (κ2) is 5.31. The van der Waals surface area contributed by atoms with Gasteiger partial charge in [0.15, 0.2) is 0 Å². The Bertz CT molecular complexity index is 389. The van der Waals surface area contributed by atoms with E-state index in [-0.39, 0.29) is 6.42 Å². The summed E-state index contributed by atoms with van der Waals surface area (Å²) in [7, 11) is 0. The van der Waals surface area contributed by atoms with E-state index in [1.807, 2.05) is 16.9 Å². The van der Waals surface area contributed by atoms with Crippen molar-refractivity contribution < 1.29 is 9.90 Å². The number of carboxylic acid groups (broad SMARTS) is 1. The minimum Gasteiger partial charge on any atom is -0.481 e. The zero-order valence-electron chi connectivity index (χ0n) is 10.2. The van der Waals surface area contributed by atoms with Crippen LogP contribution in [0, 0.1) is 0 Å². The van der Waals surface area contributed by atoms with E-state index in [9.17, 15) is 4.79 Å². The predicted octanol–water partition coefficient (Wildman–Crippen LogP) is 1.51. The molecule has 5 heteroatoms. The van der Waals surface area contributed by atoms with Crippen molar-refractivity contribution in [1.82, 2.24) is 14.7 Å². The number of aryl methyl sites for hydroxylation is 1. The van der Waals surface area contributed by atoms with E-state index in [2.05, 4.69) is 16.9 Å². The highest BCUT2D eigenvalue weighted by atomic mass is 16.4. The maximum absolute atomic E-state index is 10.6. The van der Waals surface area contributed by atoms with Crippen molar-refractivity contribution >= 4 is 5.97 Å². The fraction of sp³-hybridized carbons (Fsp3) is 0.667. The molecule has 5 nitrogen and oxygen atoms in total. The largest absolute Gasteiger partial charge is 0.481 e. The molecule has 0 radical (unpaired) electrons. The van der Waals surface area contributed by atoms with Crippen molar-refractivity contribution in [3.63, 3.8) is 0 Å². The molecule has 0 unspecified atom stereocenters. The molecule has 2 heterocycles. The van der Waals surface area contributed by atoms with E-state index < -0.39 is 5.97 Å². The standard InChI is InChI=1S/C12H19N3O2/c1-2-15-11(5-7-13-15)10-4-3-8-14(10)9-6-12(16)17/h5,7,10H,2-4,6,8-9H2,1H3,(H,16,17)/t10-/m0/s1. The highest BCUT2D eigenvalue weighted by Crippen LogP contribution is 2.31. The number of rotatable bonds is 5. The number of carbonyl (C=O) groups is 1. The lowest BCUT2D eigenvalue weighted by Gasteiger charge is -2.24. The van der Waals surface area contributed by atoms with Gasteiger partial charge in [0.2, 0.25) is 0 Å². The molecule has 1 atom stereocenters. The minimum absolute atomic E-state index is 0.219. The average molecular weight is 237 g/mol. The fourth-order valence-electron chi connectivity index (χ4n) is 2.56. The van der Waals surface area contributed by atoms with E-state index in [0.717, 1.165) is 25.9 Å². The Labute approximate surface area is 101 Å².